The van der Waals surface area contributed by atoms with Gasteiger partial charge in [0.15, 0.2) is 0 Å². The second kappa shape index (κ2) is 6.53. The van der Waals surface area contributed by atoms with Crippen LogP contribution in [0.3, 0.4) is 0 Å². The van der Waals surface area contributed by atoms with Crippen molar-refractivity contribution in [1.29, 1.82) is 0 Å². The molecule has 1 atom stereocenters. The van der Waals surface area contributed by atoms with Gasteiger partial charge in [-0.15, -0.1) is 0 Å². The van der Waals surface area contributed by atoms with Crippen molar-refractivity contribution in [2.45, 2.75) is 65.1 Å². The first-order chi connectivity index (χ1) is 9.19. The first kappa shape index (κ1) is 19.5. The maximum atomic E-state index is 12.4. The van der Waals surface area contributed by atoms with Crippen molar-refractivity contribution in [3.8, 4) is 0 Å². The fourth-order valence-electron chi connectivity index (χ4n) is 1.76. The summed E-state index contributed by atoms with van der Waals surface area (Å²) in [6.45, 7) is 9.32. The molecule has 0 spiro atoms. The highest BCUT2D eigenvalue weighted by Gasteiger charge is 2.43. The van der Waals surface area contributed by atoms with Crippen molar-refractivity contribution in [2.75, 3.05) is 0 Å². The van der Waals surface area contributed by atoms with Crippen LogP contribution in [0.5, 0.6) is 0 Å². The summed E-state index contributed by atoms with van der Waals surface area (Å²) in [5.74, 6) is -2.77. The molecule has 0 aromatic carbocycles. The Balaban J connectivity index is 5.84. The lowest BCUT2D eigenvalue weighted by atomic mass is 9.95. The third kappa shape index (κ3) is 5.43. The molecule has 0 rings (SSSR count). The van der Waals surface area contributed by atoms with Gasteiger partial charge in [-0.05, 0) is 40.0 Å². The molecule has 0 saturated heterocycles. The molecule has 0 saturated carbocycles. The quantitative estimate of drug-likeness (QED) is 0.648. The van der Waals surface area contributed by atoms with E-state index in [0.29, 0.717) is 4.90 Å². The van der Waals surface area contributed by atoms with Gasteiger partial charge in [-0.2, -0.15) is 0 Å². The zero-order valence-corrected chi connectivity index (χ0v) is 13.6. The monoisotopic (exact) mass is 301 g/mol. The highest BCUT2D eigenvalue weighted by atomic mass is 16.4. The summed E-state index contributed by atoms with van der Waals surface area (Å²) < 4.78 is 0. The van der Waals surface area contributed by atoms with E-state index in [0.717, 1.165) is 0 Å². The molecular formula is C14H27N3O4. The minimum atomic E-state index is -1.37. The van der Waals surface area contributed by atoms with Crippen molar-refractivity contribution in [1.82, 2.24) is 4.90 Å². The summed E-state index contributed by atoms with van der Waals surface area (Å²) in [6.07, 6.45) is 0.138. The molecule has 21 heavy (non-hydrogen) atoms. The molecule has 0 heterocycles. The Bertz CT molecular complexity index is 393. The van der Waals surface area contributed by atoms with Gasteiger partial charge < -0.3 is 16.6 Å². The third-order valence-corrected chi connectivity index (χ3v) is 2.83. The van der Waals surface area contributed by atoms with Gasteiger partial charge in [0.25, 0.3) is 0 Å². The Labute approximate surface area is 125 Å². The Morgan fingerprint density at radius 1 is 1.00 bits per heavy atom. The lowest BCUT2D eigenvalue weighted by molar-refractivity contribution is -0.162. The molecule has 1 unspecified atom stereocenters. The van der Waals surface area contributed by atoms with Crippen molar-refractivity contribution in [3.63, 3.8) is 0 Å². The molecular weight excluding hydrogens is 274 g/mol. The third-order valence-electron chi connectivity index (χ3n) is 2.83. The highest BCUT2D eigenvalue weighted by molar-refractivity contribution is 6.05. The van der Waals surface area contributed by atoms with Crippen LogP contribution in [0.15, 0.2) is 0 Å². The lowest BCUT2D eigenvalue weighted by Gasteiger charge is -2.36. The lowest BCUT2D eigenvalue weighted by Crippen LogP contribution is -2.63. The molecule has 0 fully saturated rings. The first-order valence-electron chi connectivity index (χ1n) is 6.88. The van der Waals surface area contributed by atoms with E-state index in [-0.39, 0.29) is 12.3 Å². The predicted molar refractivity (Wildman–Crippen MR) is 79.3 cm³/mol. The molecule has 0 aliphatic carbocycles. The van der Waals surface area contributed by atoms with E-state index in [1.54, 1.807) is 0 Å². The zero-order valence-electron chi connectivity index (χ0n) is 13.6. The van der Waals surface area contributed by atoms with Crippen LogP contribution in [0.1, 0.15) is 48.0 Å². The zero-order chi connectivity index (χ0) is 17.2. The summed E-state index contributed by atoms with van der Waals surface area (Å²) in [5.41, 5.74) is 8.77. The van der Waals surface area contributed by atoms with E-state index in [1.807, 2.05) is 13.8 Å². The van der Waals surface area contributed by atoms with Crippen LogP contribution in [-0.4, -0.2) is 44.9 Å². The number of nitrogens with two attached hydrogens (primary N) is 2. The van der Waals surface area contributed by atoms with Crippen molar-refractivity contribution in [2.24, 2.45) is 17.4 Å². The maximum absolute atomic E-state index is 12.4. The van der Waals surface area contributed by atoms with Gasteiger partial charge in [0.05, 0.1) is 11.1 Å². The van der Waals surface area contributed by atoms with Crippen LogP contribution in [0, 0.1) is 5.92 Å². The van der Waals surface area contributed by atoms with Gasteiger partial charge in [-0.1, -0.05) is 13.8 Å². The van der Waals surface area contributed by atoms with E-state index in [4.69, 9.17) is 11.5 Å². The van der Waals surface area contributed by atoms with Crippen LogP contribution in [0.25, 0.3) is 0 Å². The summed E-state index contributed by atoms with van der Waals surface area (Å²) >= 11 is 0. The number of amides is 2. The van der Waals surface area contributed by atoms with Gasteiger partial charge in [-0.3, -0.25) is 14.5 Å². The molecule has 2 amide bonds. The number of aliphatic carboxylic acids is 1. The summed E-state index contributed by atoms with van der Waals surface area (Å²) in [5, 5.41) is 9.39. The van der Waals surface area contributed by atoms with Crippen LogP contribution < -0.4 is 11.5 Å². The number of carboxylic acid groups (broad SMARTS) is 1. The van der Waals surface area contributed by atoms with Gasteiger partial charge in [-0.25, -0.2) is 4.79 Å². The number of hydrogen-bond donors (Lipinski definition) is 3. The van der Waals surface area contributed by atoms with Crippen molar-refractivity contribution < 1.29 is 19.5 Å². The number of carbonyl (C=O) groups excluding carboxylic acids is 2. The Morgan fingerprint density at radius 2 is 1.33 bits per heavy atom. The number of carboxylic acids is 1. The molecule has 7 heteroatoms. The molecule has 0 aromatic heterocycles. The minimum absolute atomic E-state index is 0.0176. The van der Waals surface area contributed by atoms with E-state index < -0.39 is 34.9 Å². The smallest absolute Gasteiger partial charge is 0.326 e. The molecule has 0 radical (unpaired) electrons. The molecule has 0 aliphatic rings. The van der Waals surface area contributed by atoms with Crippen LogP contribution >= 0.6 is 0 Å². The van der Waals surface area contributed by atoms with Crippen LogP contribution in [0.4, 0.5) is 0 Å². The van der Waals surface area contributed by atoms with Gasteiger partial charge >= 0.3 is 5.97 Å². The highest BCUT2D eigenvalue weighted by Crippen LogP contribution is 2.19. The van der Waals surface area contributed by atoms with E-state index in [2.05, 4.69) is 0 Å². The standard InChI is InChI=1S/C14H27N3O4/c1-8(2)7-9(10(18)19)17(11(20)13(3,4)15)12(21)14(5,6)16/h8-9H,7,15-16H2,1-6H3,(H,18,19). The molecule has 0 aliphatic heterocycles. The molecule has 7 nitrogen and oxygen atoms in total. The summed E-state index contributed by atoms with van der Waals surface area (Å²) in [7, 11) is 0. The molecule has 122 valence electrons. The van der Waals surface area contributed by atoms with E-state index in [1.165, 1.54) is 27.7 Å². The van der Waals surface area contributed by atoms with Crippen molar-refractivity contribution >= 4 is 17.8 Å². The Hall–Kier alpha value is -1.47. The minimum Gasteiger partial charge on any atom is -0.480 e. The average Bonchev–Trinajstić information content (AvgIpc) is 2.24. The Morgan fingerprint density at radius 3 is 1.52 bits per heavy atom. The van der Waals surface area contributed by atoms with Gasteiger partial charge in [0, 0.05) is 0 Å². The maximum Gasteiger partial charge on any atom is 0.326 e. The number of rotatable bonds is 6. The summed E-state index contributed by atoms with van der Waals surface area (Å²) in [4.78, 5) is 37.1. The molecule has 0 bridgehead atoms. The van der Waals surface area contributed by atoms with E-state index >= 15 is 0 Å². The second-order valence-corrected chi connectivity index (χ2v) is 6.91. The fraction of sp³-hybridized carbons (Fsp3) is 0.786. The Kier molecular flexibility index (Phi) is 6.07. The fourth-order valence-corrected chi connectivity index (χ4v) is 1.76. The normalized spacial score (nSPS) is 14.0. The largest absolute Gasteiger partial charge is 0.480 e. The van der Waals surface area contributed by atoms with Crippen LogP contribution in [-0.2, 0) is 14.4 Å². The first-order valence-corrected chi connectivity index (χ1v) is 6.88. The van der Waals surface area contributed by atoms with Gasteiger partial charge in [0.1, 0.15) is 6.04 Å². The predicted octanol–water partition coefficient (Wildman–Crippen LogP) is 0.316. The molecule has 5 N–H and O–H groups in total. The van der Waals surface area contributed by atoms with Gasteiger partial charge in [0.2, 0.25) is 11.8 Å². The van der Waals surface area contributed by atoms with Crippen LogP contribution in [0.2, 0.25) is 0 Å². The van der Waals surface area contributed by atoms with Crippen molar-refractivity contribution in [3.05, 3.63) is 0 Å². The number of imide groups is 1. The number of nitrogens with zero attached hydrogens (tertiary/aromatic N) is 1. The average molecular weight is 301 g/mol. The summed E-state index contributed by atoms with van der Waals surface area (Å²) in [6, 6.07) is -1.28. The number of hydrogen-bond acceptors (Lipinski definition) is 5. The van der Waals surface area contributed by atoms with E-state index in [9.17, 15) is 19.5 Å². The SMILES string of the molecule is CC(C)CC(C(=O)O)N(C(=O)C(C)(C)N)C(=O)C(C)(C)N. The molecule has 0 aromatic rings. The number of carbonyl (C=O) groups is 3. The topological polar surface area (TPSA) is 127 Å². The second-order valence-electron chi connectivity index (χ2n) is 6.91.